The smallest absolute Gasteiger partial charge is 0.240 e. The highest BCUT2D eigenvalue weighted by Gasteiger charge is 2.38. The summed E-state index contributed by atoms with van der Waals surface area (Å²) in [5.41, 5.74) is -0.302. The molecule has 80 valence electrons. The summed E-state index contributed by atoms with van der Waals surface area (Å²) in [6.45, 7) is 5.10. The van der Waals surface area contributed by atoms with E-state index < -0.39 is 0 Å². The molecule has 2 atom stereocenters. The van der Waals surface area contributed by atoms with E-state index in [9.17, 15) is 4.79 Å². The van der Waals surface area contributed by atoms with Crippen molar-refractivity contribution in [3.8, 4) is 0 Å². The zero-order chi connectivity index (χ0) is 10.2. The molecule has 0 aromatic heterocycles. The predicted octanol–water partition coefficient (Wildman–Crippen LogP) is 1.04. The molecule has 14 heavy (non-hydrogen) atoms. The van der Waals surface area contributed by atoms with Gasteiger partial charge in [-0.15, -0.1) is 0 Å². The van der Waals surface area contributed by atoms with Crippen LogP contribution in [0.2, 0.25) is 0 Å². The van der Waals surface area contributed by atoms with Crippen LogP contribution in [0.25, 0.3) is 0 Å². The van der Waals surface area contributed by atoms with Crippen molar-refractivity contribution in [1.29, 1.82) is 0 Å². The van der Waals surface area contributed by atoms with Crippen LogP contribution in [0.1, 0.15) is 39.5 Å². The van der Waals surface area contributed by atoms with E-state index in [2.05, 4.69) is 17.6 Å². The predicted molar refractivity (Wildman–Crippen MR) is 56.0 cm³/mol. The molecule has 1 aliphatic heterocycles. The Kier molecular flexibility index (Phi) is 2.52. The number of hydrogen-bond donors (Lipinski definition) is 2. The van der Waals surface area contributed by atoms with E-state index in [0.29, 0.717) is 6.04 Å². The van der Waals surface area contributed by atoms with Gasteiger partial charge in [-0.05, 0) is 52.0 Å². The van der Waals surface area contributed by atoms with Crippen LogP contribution in [0.3, 0.4) is 0 Å². The molecule has 1 saturated carbocycles. The van der Waals surface area contributed by atoms with Crippen LogP contribution in [-0.4, -0.2) is 24.0 Å². The second-order valence-electron chi connectivity index (χ2n) is 4.96. The molecule has 0 aromatic carbocycles. The maximum atomic E-state index is 11.9. The first-order valence-electron chi connectivity index (χ1n) is 5.68. The Bertz CT molecular complexity index is 229. The number of carbonyl (C=O) groups is 1. The molecule has 2 aliphatic rings. The van der Waals surface area contributed by atoms with E-state index in [-0.39, 0.29) is 11.4 Å². The second-order valence-corrected chi connectivity index (χ2v) is 4.96. The summed E-state index contributed by atoms with van der Waals surface area (Å²) < 4.78 is 0. The van der Waals surface area contributed by atoms with Crippen molar-refractivity contribution >= 4 is 5.91 Å². The standard InChI is InChI=1S/C11H20N2O/c1-8(9-4-5-9)13-10(14)11(2)6-3-7-12-11/h8-9,12H,3-7H2,1-2H3,(H,13,14). The van der Waals surface area contributed by atoms with E-state index in [0.717, 1.165) is 25.3 Å². The Morgan fingerprint density at radius 2 is 2.29 bits per heavy atom. The molecule has 3 nitrogen and oxygen atoms in total. The van der Waals surface area contributed by atoms with Crippen LogP contribution in [-0.2, 0) is 4.79 Å². The molecule has 0 spiro atoms. The molecule has 3 heteroatoms. The Morgan fingerprint density at radius 3 is 2.79 bits per heavy atom. The number of carbonyl (C=O) groups excluding carboxylic acids is 1. The first kappa shape index (κ1) is 9.97. The van der Waals surface area contributed by atoms with Crippen LogP contribution >= 0.6 is 0 Å². The molecule has 2 unspecified atom stereocenters. The molecule has 2 rings (SSSR count). The lowest BCUT2D eigenvalue weighted by Gasteiger charge is -2.25. The SMILES string of the molecule is CC(NC(=O)C1(C)CCCN1)C1CC1. The summed E-state index contributed by atoms with van der Waals surface area (Å²) in [5.74, 6) is 0.929. The second kappa shape index (κ2) is 3.54. The Hall–Kier alpha value is -0.570. The maximum absolute atomic E-state index is 11.9. The first-order valence-corrected chi connectivity index (χ1v) is 5.68. The molecule has 0 radical (unpaired) electrons. The Morgan fingerprint density at radius 1 is 1.57 bits per heavy atom. The summed E-state index contributed by atoms with van der Waals surface area (Å²) in [4.78, 5) is 11.9. The highest BCUT2D eigenvalue weighted by atomic mass is 16.2. The maximum Gasteiger partial charge on any atom is 0.240 e. The van der Waals surface area contributed by atoms with Gasteiger partial charge in [0.1, 0.15) is 0 Å². The normalized spacial score (nSPS) is 34.1. The Labute approximate surface area is 85.6 Å². The zero-order valence-corrected chi connectivity index (χ0v) is 9.10. The lowest BCUT2D eigenvalue weighted by atomic mass is 9.98. The first-order chi connectivity index (χ1) is 6.62. The number of hydrogen-bond acceptors (Lipinski definition) is 2. The average molecular weight is 196 g/mol. The molecule has 1 heterocycles. The molecule has 2 N–H and O–H groups in total. The van der Waals surface area contributed by atoms with Gasteiger partial charge in [0.2, 0.25) is 5.91 Å². The summed E-state index contributed by atoms with van der Waals surface area (Å²) in [6, 6.07) is 0.363. The van der Waals surface area contributed by atoms with Gasteiger partial charge in [-0.25, -0.2) is 0 Å². The van der Waals surface area contributed by atoms with Gasteiger partial charge in [-0.2, -0.15) is 0 Å². The fourth-order valence-electron chi connectivity index (χ4n) is 2.17. The number of nitrogens with one attached hydrogen (secondary N) is 2. The number of amides is 1. The van der Waals surface area contributed by atoms with Gasteiger partial charge in [0.15, 0.2) is 0 Å². The van der Waals surface area contributed by atoms with Gasteiger partial charge < -0.3 is 10.6 Å². The van der Waals surface area contributed by atoms with Crippen molar-refractivity contribution in [2.45, 2.75) is 51.1 Å². The summed E-state index contributed by atoms with van der Waals surface area (Å²) >= 11 is 0. The molecule has 2 fully saturated rings. The van der Waals surface area contributed by atoms with E-state index in [1.807, 2.05) is 6.92 Å². The van der Waals surface area contributed by atoms with E-state index in [1.54, 1.807) is 0 Å². The van der Waals surface area contributed by atoms with Gasteiger partial charge in [0.05, 0.1) is 5.54 Å². The quantitative estimate of drug-likeness (QED) is 0.708. The summed E-state index contributed by atoms with van der Waals surface area (Å²) in [6.07, 6.45) is 4.65. The van der Waals surface area contributed by atoms with Crippen molar-refractivity contribution in [3.05, 3.63) is 0 Å². The minimum atomic E-state index is -0.302. The highest BCUT2D eigenvalue weighted by Crippen LogP contribution is 2.32. The van der Waals surface area contributed by atoms with Crippen LogP contribution in [0.5, 0.6) is 0 Å². The Balaban J connectivity index is 1.87. The molecule has 0 bridgehead atoms. The molecule has 0 aromatic rings. The van der Waals surface area contributed by atoms with E-state index >= 15 is 0 Å². The third-order valence-electron chi connectivity index (χ3n) is 3.56. The minimum Gasteiger partial charge on any atom is -0.352 e. The van der Waals surface area contributed by atoms with Gasteiger partial charge in [-0.1, -0.05) is 0 Å². The molecular weight excluding hydrogens is 176 g/mol. The summed E-state index contributed by atoms with van der Waals surface area (Å²) in [7, 11) is 0. The van der Waals surface area contributed by atoms with Crippen LogP contribution < -0.4 is 10.6 Å². The third-order valence-corrected chi connectivity index (χ3v) is 3.56. The molecular formula is C11H20N2O. The lowest BCUT2D eigenvalue weighted by molar-refractivity contribution is -0.127. The zero-order valence-electron chi connectivity index (χ0n) is 9.10. The van der Waals surface area contributed by atoms with Crippen LogP contribution in [0, 0.1) is 5.92 Å². The highest BCUT2D eigenvalue weighted by molar-refractivity contribution is 5.86. The fourth-order valence-corrected chi connectivity index (χ4v) is 2.17. The van der Waals surface area contributed by atoms with Crippen molar-refractivity contribution in [3.63, 3.8) is 0 Å². The van der Waals surface area contributed by atoms with Crippen molar-refractivity contribution in [1.82, 2.24) is 10.6 Å². The largest absolute Gasteiger partial charge is 0.352 e. The van der Waals surface area contributed by atoms with Crippen molar-refractivity contribution in [2.24, 2.45) is 5.92 Å². The van der Waals surface area contributed by atoms with Crippen molar-refractivity contribution < 1.29 is 4.79 Å². The van der Waals surface area contributed by atoms with Gasteiger partial charge in [-0.3, -0.25) is 4.79 Å². The molecule has 1 amide bonds. The average Bonchev–Trinajstić information content (AvgIpc) is 2.90. The van der Waals surface area contributed by atoms with Crippen molar-refractivity contribution in [2.75, 3.05) is 6.54 Å². The van der Waals surface area contributed by atoms with Crippen LogP contribution in [0.15, 0.2) is 0 Å². The number of rotatable bonds is 3. The summed E-state index contributed by atoms with van der Waals surface area (Å²) in [5, 5.41) is 6.41. The topological polar surface area (TPSA) is 41.1 Å². The van der Waals surface area contributed by atoms with E-state index in [1.165, 1.54) is 12.8 Å². The molecule has 1 saturated heterocycles. The van der Waals surface area contributed by atoms with Crippen LogP contribution in [0.4, 0.5) is 0 Å². The minimum absolute atomic E-state index is 0.189. The van der Waals surface area contributed by atoms with Gasteiger partial charge >= 0.3 is 0 Å². The molecule has 1 aliphatic carbocycles. The van der Waals surface area contributed by atoms with Gasteiger partial charge in [0.25, 0.3) is 0 Å². The lowest BCUT2D eigenvalue weighted by Crippen LogP contribution is -2.53. The monoisotopic (exact) mass is 196 g/mol. The van der Waals surface area contributed by atoms with E-state index in [4.69, 9.17) is 0 Å². The fraction of sp³-hybridized carbons (Fsp3) is 0.909. The third kappa shape index (κ3) is 1.92. The van der Waals surface area contributed by atoms with Gasteiger partial charge in [0, 0.05) is 6.04 Å².